The minimum Gasteiger partial charge on any atom is -0.464 e. The third-order valence-corrected chi connectivity index (χ3v) is 7.22. The Morgan fingerprint density at radius 1 is 1.44 bits per heavy atom. The van der Waals surface area contributed by atoms with Gasteiger partial charge in [-0.1, -0.05) is 0 Å². The lowest BCUT2D eigenvalue weighted by molar-refractivity contribution is -0.147. The van der Waals surface area contributed by atoms with E-state index in [9.17, 15) is 14.6 Å². The minimum atomic E-state index is -2.81. The molecule has 184 valence electrons. The first-order valence-electron chi connectivity index (χ1n) is 11.3. The van der Waals surface area contributed by atoms with Crippen LogP contribution < -0.4 is 10.8 Å². The molecule has 0 bridgehead atoms. The molecule has 2 aromatic heterocycles. The Balaban J connectivity index is 1.27. The van der Waals surface area contributed by atoms with Crippen LogP contribution in [0.4, 0.5) is 5.82 Å². The van der Waals surface area contributed by atoms with Crippen LogP contribution >= 0.6 is 8.18 Å². The van der Waals surface area contributed by atoms with Crippen LogP contribution in [0.3, 0.4) is 0 Å². The number of ether oxygens (including phenoxy) is 3. The van der Waals surface area contributed by atoms with Crippen LogP contribution in [0.5, 0.6) is 0 Å². The molecule has 12 nitrogen and oxygen atoms in total. The van der Waals surface area contributed by atoms with Crippen molar-refractivity contribution in [3.8, 4) is 6.07 Å². The number of nitriles is 1. The molecule has 0 saturated carbocycles. The number of nitrogen functional groups attached to an aromatic ring is 1. The number of carbonyl (C=O) groups excluding carboxylic acids is 1. The van der Waals surface area contributed by atoms with Crippen LogP contribution in [0.15, 0.2) is 18.5 Å². The van der Waals surface area contributed by atoms with Gasteiger partial charge in [-0.25, -0.2) is 14.6 Å². The molecule has 2 fully saturated rings. The number of esters is 1. The Kier molecular flexibility index (Phi) is 7.80. The summed E-state index contributed by atoms with van der Waals surface area (Å²) in [4.78, 5) is 16.2. The van der Waals surface area contributed by atoms with Gasteiger partial charge in [0.25, 0.3) is 8.18 Å². The fourth-order valence-electron chi connectivity index (χ4n) is 4.10. The van der Waals surface area contributed by atoms with Crippen molar-refractivity contribution in [1.29, 1.82) is 5.26 Å². The minimum absolute atomic E-state index is 0.199. The van der Waals surface area contributed by atoms with E-state index in [1.165, 1.54) is 6.33 Å². The van der Waals surface area contributed by atoms with Gasteiger partial charge in [-0.15, -0.1) is 0 Å². The molecule has 1 unspecified atom stereocenters. The maximum Gasteiger partial charge on any atom is 0.323 e. The highest BCUT2D eigenvalue weighted by Gasteiger charge is 2.43. The largest absolute Gasteiger partial charge is 0.464 e. The summed E-state index contributed by atoms with van der Waals surface area (Å²) in [5, 5.41) is 16.6. The van der Waals surface area contributed by atoms with Crippen LogP contribution in [-0.2, 0) is 28.1 Å². The zero-order valence-corrected chi connectivity index (χ0v) is 19.9. The van der Waals surface area contributed by atoms with Crippen molar-refractivity contribution < 1.29 is 28.1 Å². The normalized spacial score (nSPS) is 25.1. The summed E-state index contributed by atoms with van der Waals surface area (Å²) in [5.74, 6) is 0.128. The number of hydrogen-bond donors (Lipinski definition) is 2. The van der Waals surface area contributed by atoms with Crippen molar-refractivity contribution in [1.82, 2.24) is 19.7 Å². The number of nitrogens with two attached hydrogens (primary N) is 1. The van der Waals surface area contributed by atoms with Crippen molar-refractivity contribution in [3.63, 3.8) is 0 Å². The van der Waals surface area contributed by atoms with E-state index in [4.69, 9.17) is 24.5 Å². The quantitative estimate of drug-likeness (QED) is 0.387. The lowest BCUT2D eigenvalue weighted by Gasteiger charge is -2.23. The highest BCUT2D eigenvalue weighted by atomic mass is 31.1. The van der Waals surface area contributed by atoms with Gasteiger partial charge in [-0.2, -0.15) is 10.4 Å². The Bertz CT molecular complexity index is 1080. The maximum absolute atomic E-state index is 12.4. The molecule has 2 aromatic rings. The van der Waals surface area contributed by atoms with Crippen LogP contribution in [0.1, 0.15) is 44.4 Å². The highest BCUT2D eigenvalue weighted by Crippen LogP contribution is 2.41. The molecule has 2 saturated heterocycles. The smallest absolute Gasteiger partial charge is 0.323 e. The van der Waals surface area contributed by atoms with Gasteiger partial charge >= 0.3 is 5.97 Å². The Hall–Kier alpha value is -2.55. The second-order valence-corrected chi connectivity index (χ2v) is 9.73. The van der Waals surface area contributed by atoms with Gasteiger partial charge < -0.3 is 24.5 Å². The number of anilines is 1. The molecule has 34 heavy (non-hydrogen) atoms. The zero-order valence-electron chi connectivity index (χ0n) is 18.9. The lowest BCUT2D eigenvalue weighted by atomic mass is 10.0. The predicted octanol–water partition coefficient (Wildman–Crippen LogP) is 1.78. The molecule has 0 amide bonds. The van der Waals surface area contributed by atoms with E-state index in [0.717, 1.165) is 18.5 Å². The SMILES string of the molecule is C[C@H](N[PH](=O)OC[C@]1(C#N)CC[C@H](c2ccc3c(N)ncnn23)O1)C(=O)OCC1CCOCC1. The molecule has 4 atom stereocenters. The Labute approximate surface area is 197 Å². The van der Waals surface area contributed by atoms with Crippen molar-refractivity contribution in [2.24, 2.45) is 5.92 Å². The molecule has 0 radical (unpaired) electrons. The molecule has 4 heterocycles. The molecular formula is C21H29N6O6P. The van der Waals surface area contributed by atoms with Crippen LogP contribution in [0.25, 0.3) is 5.52 Å². The third kappa shape index (κ3) is 5.56. The van der Waals surface area contributed by atoms with Gasteiger partial charge in [0, 0.05) is 13.2 Å². The van der Waals surface area contributed by atoms with Crippen LogP contribution in [0.2, 0.25) is 0 Å². The monoisotopic (exact) mass is 492 g/mol. The number of nitrogens with zero attached hydrogens (tertiary/aromatic N) is 4. The van der Waals surface area contributed by atoms with Gasteiger partial charge in [-0.05, 0) is 50.7 Å². The fourth-order valence-corrected chi connectivity index (χ4v) is 5.02. The molecular weight excluding hydrogens is 463 g/mol. The van der Waals surface area contributed by atoms with Gasteiger partial charge in [0.2, 0.25) is 0 Å². The van der Waals surface area contributed by atoms with E-state index in [1.54, 1.807) is 17.5 Å². The summed E-state index contributed by atoms with van der Waals surface area (Å²) in [6, 6.07) is 4.97. The van der Waals surface area contributed by atoms with Crippen molar-refractivity contribution in [2.45, 2.75) is 50.4 Å². The van der Waals surface area contributed by atoms with E-state index < -0.39 is 31.9 Å². The summed E-state index contributed by atoms with van der Waals surface area (Å²) < 4.78 is 36.1. The van der Waals surface area contributed by atoms with Crippen molar-refractivity contribution >= 4 is 25.5 Å². The average Bonchev–Trinajstić information content (AvgIpc) is 3.47. The molecule has 2 aliphatic heterocycles. The fraction of sp³-hybridized carbons (Fsp3) is 0.619. The summed E-state index contributed by atoms with van der Waals surface area (Å²) in [6.45, 7) is 3.02. The molecule has 0 spiro atoms. The van der Waals surface area contributed by atoms with Gasteiger partial charge in [0.1, 0.15) is 30.1 Å². The van der Waals surface area contributed by atoms with E-state index in [-0.39, 0.29) is 12.5 Å². The Morgan fingerprint density at radius 3 is 3.00 bits per heavy atom. The van der Waals surface area contributed by atoms with E-state index in [2.05, 4.69) is 21.2 Å². The number of fused-ring (bicyclic) bond motifs is 1. The third-order valence-electron chi connectivity index (χ3n) is 6.15. The first-order chi connectivity index (χ1) is 16.4. The predicted molar refractivity (Wildman–Crippen MR) is 121 cm³/mol. The molecule has 3 N–H and O–H groups in total. The summed E-state index contributed by atoms with van der Waals surface area (Å²) in [6.07, 6.45) is 3.59. The number of hydrogen-bond acceptors (Lipinski definition) is 10. The zero-order chi connectivity index (χ0) is 24.1. The number of nitrogens with one attached hydrogen (secondary N) is 1. The second kappa shape index (κ2) is 10.8. The first-order valence-corrected chi connectivity index (χ1v) is 12.6. The number of aromatic nitrogens is 3. The number of rotatable bonds is 9. The second-order valence-electron chi connectivity index (χ2n) is 8.58. The average molecular weight is 492 g/mol. The number of carbonyl (C=O) groups is 1. The molecule has 0 aromatic carbocycles. The summed E-state index contributed by atoms with van der Waals surface area (Å²) in [5.41, 5.74) is 6.02. The van der Waals surface area contributed by atoms with E-state index in [1.807, 2.05) is 6.07 Å². The standard InChI is InChI=1S/C21H29N6O6P/c1-14(20(28)31-10-15-5-8-30-9-6-15)26-34(29)32-12-21(11-22)7-4-18(33-21)16-2-3-17-19(23)24-13-25-27(16)17/h2-3,13-15,18,34H,4-10,12H2,1H3,(H,26,29)(H2,23,24,25)/t14-,18+,21+/m0/s1. The molecule has 13 heteroatoms. The van der Waals surface area contributed by atoms with Crippen LogP contribution in [0, 0.1) is 17.2 Å². The maximum atomic E-state index is 12.4. The van der Waals surface area contributed by atoms with Crippen molar-refractivity contribution in [2.75, 3.05) is 32.2 Å². The molecule has 2 aliphatic rings. The summed E-state index contributed by atoms with van der Waals surface area (Å²) >= 11 is 0. The van der Waals surface area contributed by atoms with E-state index >= 15 is 0 Å². The van der Waals surface area contributed by atoms with Gasteiger partial charge in [0.15, 0.2) is 11.4 Å². The molecule has 0 aliphatic carbocycles. The van der Waals surface area contributed by atoms with Crippen LogP contribution in [-0.4, -0.2) is 58.6 Å². The Morgan fingerprint density at radius 2 is 2.24 bits per heavy atom. The first kappa shape index (κ1) is 24.6. The van der Waals surface area contributed by atoms with Crippen molar-refractivity contribution in [3.05, 3.63) is 24.2 Å². The summed E-state index contributed by atoms with van der Waals surface area (Å²) in [7, 11) is -2.81. The lowest BCUT2D eigenvalue weighted by Crippen LogP contribution is -2.35. The molecule has 4 rings (SSSR count). The van der Waals surface area contributed by atoms with E-state index in [0.29, 0.717) is 44.0 Å². The van der Waals surface area contributed by atoms with Gasteiger partial charge in [0.05, 0.1) is 18.9 Å². The highest BCUT2D eigenvalue weighted by molar-refractivity contribution is 7.36. The van der Waals surface area contributed by atoms with Gasteiger partial charge in [-0.3, -0.25) is 9.36 Å². The topological polar surface area (TPSA) is 163 Å².